The van der Waals surface area contributed by atoms with E-state index in [1.807, 2.05) is 24.3 Å². The molecule has 1 aliphatic rings. The largest absolute Gasteiger partial charge is 0.539 e. The number of aromatic nitrogens is 2. The third kappa shape index (κ3) is 4.53. The van der Waals surface area contributed by atoms with Crippen LogP contribution in [0.4, 0.5) is 0 Å². The molecule has 144 valence electrons. The first-order valence-corrected chi connectivity index (χ1v) is 9.20. The molecule has 0 aliphatic carbocycles. The van der Waals surface area contributed by atoms with Gasteiger partial charge in [-0.05, 0) is 23.8 Å². The predicted octanol–water partition coefficient (Wildman–Crippen LogP) is 1.45. The quantitative estimate of drug-likeness (QED) is 0.599. The maximum Gasteiger partial charge on any atom is 0.291 e. The van der Waals surface area contributed by atoms with E-state index in [1.165, 1.54) is 10.2 Å². The smallest absolute Gasteiger partial charge is 0.291 e. The first-order chi connectivity index (χ1) is 12.7. The number of piperidine rings is 1. The lowest BCUT2D eigenvalue weighted by molar-refractivity contribution is -0.751. The minimum atomic E-state index is -0.590. The second kappa shape index (κ2) is 7.50. The van der Waals surface area contributed by atoms with Crippen LogP contribution >= 0.6 is 0 Å². The number of likely N-dealkylation sites (tertiary alicyclic amines) is 1. The van der Waals surface area contributed by atoms with E-state index in [1.54, 1.807) is 4.90 Å². The predicted molar refractivity (Wildman–Crippen MR) is 94.9 cm³/mol. The summed E-state index contributed by atoms with van der Waals surface area (Å²) in [5.41, 5.74) is 1.91. The van der Waals surface area contributed by atoms with Crippen molar-refractivity contribution in [1.82, 2.24) is 10.2 Å². The van der Waals surface area contributed by atoms with Crippen LogP contribution in [0.15, 0.2) is 35.0 Å². The zero-order chi connectivity index (χ0) is 19.6. The molecule has 3 rings (SSSR count). The number of amides is 1. The Bertz CT molecular complexity index is 820. The van der Waals surface area contributed by atoms with E-state index >= 15 is 0 Å². The van der Waals surface area contributed by atoms with Gasteiger partial charge in [0.05, 0.1) is 5.27 Å². The molecule has 27 heavy (non-hydrogen) atoms. The average Bonchev–Trinajstić information content (AvgIpc) is 3.05. The van der Waals surface area contributed by atoms with Crippen molar-refractivity contribution in [3.8, 4) is 5.95 Å². The van der Waals surface area contributed by atoms with E-state index in [4.69, 9.17) is 0 Å². The van der Waals surface area contributed by atoms with Gasteiger partial charge in [0.1, 0.15) is 5.95 Å². The van der Waals surface area contributed by atoms with E-state index in [-0.39, 0.29) is 29.6 Å². The summed E-state index contributed by atoms with van der Waals surface area (Å²) in [4.78, 5) is 27.0. The van der Waals surface area contributed by atoms with Gasteiger partial charge >= 0.3 is 0 Å². The van der Waals surface area contributed by atoms with Crippen molar-refractivity contribution in [3.05, 3.63) is 41.6 Å². The van der Waals surface area contributed by atoms with Gasteiger partial charge in [-0.15, -0.1) is 0 Å². The Morgan fingerprint density at radius 1 is 1.30 bits per heavy atom. The number of Topliss-reactive ketones (excluding diaryl/α,β-unsaturated/α-hetero) is 1. The molecule has 0 radical (unpaired) electrons. The molecule has 7 heteroatoms. The van der Waals surface area contributed by atoms with Gasteiger partial charge in [0.15, 0.2) is 5.78 Å². The molecule has 0 spiro atoms. The van der Waals surface area contributed by atoms with Crippen LogP contribution in [-0.4, -0.2) is 35.0 Å². The van der Waals surface area contributed by atoms with Gasteiger partial charge in [-0.2, -0.15) is 0 Å². The number of carbonyl (C=O) groups is 2. The molecule has 1 aliphatic heterocycles. The summed E-state index contributed by atoms with van der Waals surface area (Å²) >= 11 is 0. The molecule has 7 nitrogen and oxygen atoms in total. The van der Waals surface area contributed by atoms with Crippen molar-refractivity contribution >= 4 is 11.7 Å². The van der Waals surface area contributed by atoms with Crippen molar-refractivity contribution in [2.24, 2.45) is 5.92 Å². The summed E-state index contributed by atoms with van der Waals surface area (Å²) < 4.78 is 5.62. The molecular formula is C20H25N3O4. The molecule has 1 atom stereocenters. The molecule has 1 aromatic heterocycles. The molecule has 0 saturated carbocycles. The monoisotopic (exact) mass is 371 g/mol. The minimum Gasteiger partial charge on any atom is -0.539 e. The van der Waals surface area contributed by atoms with Gasteiger partial charge in [-0.1, -0.05) is 49.7 Å². The van der Waals surface area contributed by atoms with Gasteiger partial charge < -0.3 is 14.5 Å². The summed E-state index contributed by atoms with van der Waals surface area (Å²) in [7, 11) is 0. The van der Waals surface area contributed by atoms with E-state index in [9.17, 15) is 14.7 Å². The van der Waals surface area contributed by atoms with Crippen molar-refractivity contribution in [1.29, 1.82) is 0 Å². The Labute approximate surface area is 158 Å². The number of hydrogen-bond acceptors (Lipinski definition) is 5. The lowest BCUT2D eigenvalue weighted by atomic mass is 9.85. The molecule has 1 aromatic carbocycles. The maximum absolute atomic E-state index is 12.9. The molecule has 0 N–H and O–H groups in total. The SMILES string of the molecule is CC(C)(C)c1ccc(C(=O)C2CCCN(C(=O)C[n+]3cc([O-])on3)C2)cc1. The van der Waals surface area contributed by atoms with Crippen LogP contribution in [0.3, 0.4) is 0 Å². The van der Waals surface area contributed by atoms with Gasteiger partial charge in [0, 0.05) is 24.6 Å². The molecular weight excluding hydrogens is 346 g/mol. The van der Waals surface area contributed by atoms with Gasteiger partial charge in [0.2, 0.25) is 6.20 Å². The average molecular weight is 371 g/mol. The van der Waals surface area contributed by atoms with Crippen molar-refractivity contribution in [2.45, 2.75) is 45.6 Å². The van der Waals surface area contributed by atoms with Crippen LogP contribution in [-0.2, 0) is 16.8 Å². The molecule has 0 bridgehead atoms. The summed E-state index contributed by atoms with van der Waals surface area (Å²) in [6.45, 7) is 7.34. The van der Waals surface area contributed by atoms with Crippen LogP contribution in [0.2, 0.25) is 0 Å². The van der Waals surface area contributed by atoms with Gasteiger partial charge in [-0.3, -0.25) is 9.59 Å². The second-order valence-corrected chi connectivity index (χ2v) is 8.09. The molecule has 2 aromatic rings. The second-order valence-electron chi connectivity index (χ2n) is 8.09. The third-order valence-electron chi connectivity index (χ3n) is 4.97. The molecule has 1 amide bonds. The van der Waals surface area contributed by atoms with Gasteiger partial charge in [0.25, 0.3) is 12.5 Å². The number of nitrogens with zero attached hydrogens (tertiary/aromatic N) is 3. The highest BCUT2D eigenvalue weighted by atomic mass is 16.6. The lowest BCUT2D eigenvalue weighted by Gasteiger charge is -2.31. The Balaban J connectivity index is 1.64. The number of benzene rings is 1. The zero-order valence-corrected chi connectivity index (χ0v) is 16.0. The normalized spacial score (nSPS) is 17.7. The molecule has 1 saturated heterocycles. The van der Waals surface area contributed by atoms with E-state index in [0.29, 0.717) is 18.7 Å². The Hall–Kier alpha value is -2.70. The summed E-state index contributed by atoms with van der Waals surface area (Å²) in [6, 6.07) is 7.76. The fourth-order valence-electron chi connectivity index (χ4n) is 3.36. The highest BCUT2D eigenvalue weighted by Gasteiger charge is 2.30. The number of carbonyl (C=O) groups excluding carboxylic acids is 2. The van der Waals surface area contributed by atoms with E-state index in [0.717, 1.165) is 19.0 Å². The zero-order valence-electron chi connectivity index (χ0n) is 16.0. The maximum atomic E-state index is 12.9. The van der Waals surface area contributed by atoms with Crippen LogP contribution in [0.5, 0.6) is 5.95 Å². The fourth-order valence-corrected chi connectivity index (χ4v) is 3.36. The topological polar surface area (TPSA) is 90.4 Å². The first-order valence-electron chi connectivity index (χ1n) is 9.20. The Morgan fingerprint density at radius 3 is 2.59 bits per heavy atom. The number of ketones is 1. The Morgan fingerprint density at radius 2 is 2.00 bits per heavy atom. The highest BCUT2D eigenvalue weighted by Crippen LogP contribution is 2.25. The van der Waals surface area contributed by atoms with E-state index in [2.05, 4.69) is 30.6 Å². The fraction of sp³-hybridized carbons (Fsp3) is 0.500. The highest BCUT2D eigenvalue weighted by molar-refractivity contribution is 5.98. The van der Waals surface area contributed by atoms with E-state index < -0.39 is 5.95 Å². The van der Waals surface area contributed by atoms with Crippen molar-refractivity contribution in [3.63, 3.8) is 0 Å². The summed E-state index contributed by atoms with van der Waals surface area (Å²) in [6.07, 6.45) is 2.69. The molecule has 1 fully saturated rings. The van der Waals surface area contributed by atoms with Crippen LogP contribution in [0.1, 0.15) is 49.5 Å². The minimum absolute atomic E-state index is 0.0401. The Kier molecular flexibility index (Phi) is 5.30. The molecule has 2 heterocycles. The van der Waals surface area contributed by atoms with Crippen LogP contribution in [0, 0.1) is 5.92 Å². The summed E-state index contributed by atoms with van der Waals surface area (Å²) in [5.74, 6) is -0.897. The number of hydrogen-bond donors (Lipinski definition) is 0. The number of rotatable bonds is 4. The lowest BCUT2D eigenvalue weighted by Crippen LogP contribution is -2.49. The van der Waals surface area contributed by atoms with Crippen molar-refractivity contribution < 1.29 is 23.9 Å². The van der Waals surface area contributed by atoms with Gasteiger partial charge in [-0.25, -0.2) is 0 Å². The van der Waals surface area contributed by atoms with Crippen LogP contribution in [0.25, 0.3) is 0 Å². The summed E-state index contributed by atoms with van der Waals surface area (Å²) in [5, 5.41) is 14.5. The third-order valence-corrected chi connectivity index (χ3v) is 4.97. The standard InChI is InChI=1S/C20H25N3O4/c1-20(2,3)16-8-6-14(7-9-16)19(26)15-5-4-10-22(11-15)17(24)12-23-13-18(25)27-21-23/h6-9,13,15H,4-5,10-12H2,1-3H3. The molecule has 1 unspecified atom stereocenters. The van der Waals surface area contributed by atoms with Crippen LogP contribution < -0.4 is 9.79 Å². The van der Waals surface area contributed by atoms with Crippen molar-refractivity contribution in [2.75, 3.05) is 13.1 Å². The first kappa shape index (κ1) is 19.1.